The van der Waals surface area contributed by atoms with Crippen molar-refractivity contribution >= 4 is 17.6 Å². The maximum atomic E-state index is 13.0. The second-order valence-electron chi connectivity index (χ2n) is 6.14. The van der Waals surface area contributed by atoms with Crippen LogP contribution in [0.2, 0.25) is 0 Å². The number of esters is 1. The molecule has 0 aliphatic heterocycles. The number of carbonyl (C=O) groups is 2. The normalized spacial score (nSPS) is 14.3. The molecule has 1 aliphatic rings. The van der Waals surface area contributed by atoms with Gasteiger partial charge in [0.15, 0.2) is 11.5 Å². The quantitative estimate of drug-likeness (QED) is 0.806. The second-order valence-corrected chi connectivity index (χ2v) is 6.14. The van der Waals surface area contributed by atoms with E-state index in [1.54, 1.807) is 44.6 Å². The van der Waals surface area contributed by atoms with Gasteiger partial charge in [0, 0.05) is 0 Å². The summed E-state index contributed by atoms with van der Waals surface area (Å²) >= 11 is 0. The Morgan fingerprint density at radius 2 is 1.65 bits per heavy atom. The fourth-order valence-corrected chi connectivity index (χ4v) is 3.03. The van der Waals surface area contributed by atoms with Crippen molar-refractivity contribution in [3.05, 3.63) is 53.6 Å². The minimum atomic E-state index is -0.622. The molecule has 1 saturated carbocycles. The van der Waals surface area contributed by atoms with Gasteiger partial charge in [0.05, 0.1) is 38.0 Å². The van der Waals surface area contributed by atoms with Gasteiger partial charge >= 0.3 is 5.97 Å². The van der Waals surface area contributed by atoms with Crippen molar-refractivity contribution in [3.8, 4) is 11.5 Å². The first-order valence-electron chi connectivity index (χ1n) is 8.27. The van der Waals surface area contributed by atoms with Crippen LogP contribution in [0.4, 0.5) is 5.69 Å². The Bertz CT molecular complexity index is 842. The van der Waals surface area contributed by atoms with Crippen LogP contribution in [0.3, 0.4) is 0 Å². The maximum absolute atomic E-state index is 13.0. The first-order chi connectivity index (χ1) is 12.6. The monoisotopic (exact) mass is 355 g/mol. The topological polar surface area (TPSA) is 73.9 Å². The predicted molar refractivity (Wildman–Crippen MR) is 96.9 cm³/mol. The maximum Gasteiger partial charge on any atom is 0.339 e. The number of carbonyl (C=O) groups excluding carboxylic acids is 2. The van der Waals surface area contributed by atoms with Crippen molar-refractivity contribution in [1.29, 1.82) is 0 Å². The van der Waals surface area contributed by atoms with Crippen LogP contribution in [0.1, 0.15) is 28.8 Å². The smallest absolute Gasteiger partial charge is 0.339 e. The van der Waals surface area contributed by atoms with Crippen molar-refractivity contribution in [3.63, 3.8) is 0 Å². The standard InChI is InChI=1S/C20H21NO5/c1-24-16-9-8-13(12-17(16)25-2)20(10-11-20)19(23)21-15-7-5-4-6-14(15)18(22)26-3/h4-9,12H,10-11H2,1-3H3,(H,21,23). The molecule has 0 radical (unpaired) electrons. The van der Waals surface area contributed by atoms with Crippen LogP contribution in [-0.2, 0) is 14.9 Å². The van der Waals surface area contributed by atoms with E-state index in [9.17, 15) is 9.59 Å². The highest BCUT2D eigenvalue weighted by atomic mass is 16.5. The van der Waals surface area contributed by atoms with Gasteiger partial charge in [-0.2, -0.15) is 0 Å². The van der Waals surface area contributed by atoms with Gasteiger partial charge in [0.25, 0.3) is 0 Å². The molecule has 0 saturated heterocycles. The summed E-state index contributed by atoms with van der Waals surface area (Å²) in [7, 11) is 4.45. The van der Waals surface area contributed by atoms with Crippen molar-refractivity contribution in [2.45, 2.75) is 18.3 Å². The van der Waals surface area contributed by atoms with Crippen molar-refractivity contribution in [1.82, 2.24) is 0 Å². The predicted octanol–water partition coefficient (Wildman–Crippen LogP) is 3.16. The molecule has 2 aromatic carbocycles. The highest BCUT2D eigenvalue weighted by Gasteiger charge is 2.51. The van der Waals surface area contributed by atoms with Crippen LogP contribution in [0, 0.1) is 0 Å². The van der Waals surface area contributed by atoms with Crippen molar-refractivity contribution in [2.24, 2.45) is 0 Å². The summed E-state index contributed by atoms with van der Waals surface area (Å²) in [6, 6.07) is 12.3. The van der Waals surface area contributed by atoms with E-state index in [1.807, 2.05) is 12.1 Å². The van der Waals surface area contributed by atoms with Crippen LogP contribution in [-0.4, -0.2) is 33.2 Å². The Hall–Kier alpha value is -3.02. The molecular formula is C20H21NO5. The Morgan fingerprint density at radius 1 is 0.962 bits per heavy atom. The summed E-state index contributed by atoms with van der Waals surface area (Å²) < 4.78 is 15.4. The zero-order valence-electron chi connectivity index (χ0n) is 15.0. The van der Waals surface area contributed by atoms with Gasteiger partial charge in [-0.3, -0.25) is 4.79 Å². The number of hydrogen-bond donors (Lipinski definition) is 1. The number of rotatable bonds is 6. The number of para-hydroxylation sites is 1. The number of nitrogens with one attached hydrogen (secondary N) is 1. The number of benzene rings is 2. The van der Waals surface area contributed by atoms with Crippen LogP contribution in [0.5, 0.6) is 11.5 Å². The van der Waals surface area contributed by atoms with Gasteiger partial charge in [0.2, 0.25) is 5.91 Å². The summed E-state index contributed by atoms with van der Waals surface area (Å²) in [5.74, 6) is 0.556. The summed E-state index contributed by atoms with van der Waals surface area (Å²) in [6.45, 7) is 0. The van der Waals surface area contributed by atoms with Gasteiger partial charge in [-0.25, -0.2) is 4.79 Å². The second kappa shape index (κ2) is 7.07. The van der Waals surface area contributed by atoms with E-state index in [0.29, 0.717) is 22.7 Å². The zero-order chi connectivity index (χ0) is 18.7. The largest absolute Gasteiger partial charge is 0.493 e. The summed E-state index contributed by atoms with van der Waals surface area (Å²) in [6.07, 6.45) is 1.46. The molecule has 0 unspecified atom stereocenters. The van der Waals surface area contributed by atoms with E-state index >= 15 is 0 Å². The molecule has 6 heteroatoms. The molecule has 1 aliphatic carbocycles. The number of anilines is 1. The molecule has 0 heterocycles. The number of amides is 1. The molecule has 0 atom stereocenters. The van der Waals surface area contributed by atoms with E-state index in [-0.39, 0.29) is 5.91 Å². The van der Waals surface area contributed by atoms with Crippen LogP contribution in [0.15, 0.2) is 42.5 Å². The fraction of sp³-hybridized carbons (Fsp3) is 0.300. The molecule has 1 N–H and O–H groups in total. The van der Waals surface area contributed by atoms with Crippen molar-refractivity contribution in [2.75, 3.05) is 26.6 Å². The average molecular weight is 355 g/mol. The highest BCUT2D eigenvalue weighted by Crippen LogP contribution is 2.50. The van der Waals surface area contributed by atoms with Gasteiger partial charge in [-0.05, 0) is 42.7 Å². The molecule has 0 aromatic heterocycles. The number of hydrogen-bond acceptors (Lipinski definition) is 5. The molecule has 0 spiro atoms. The lowest BCUT2D eigenvalue weighted by Gasteiger charge is -2.18. The summed E-state index contributed by atoms with van der Waals surface area (Å²) in [5.41, 5.74) is 1.01. The van der Waals surface area contributed by atoms with Crippen LogP contribution in [0.25, 0.3) is 0 Å². The van der Waals surface area contributed by atoms with E-state index in [2.05, 4.69) is 5.32 Å². The van der Waals surface area contributed by atoms with Gasteiger partial charge < -0.3 is 19.5 Å². The van der Waals surface area contributed by atoms with Crippen LogP contribution < -0.4 is 14.8 Å². The first kappa shape index (κ1) is 17.8. The van der Waals surface area contributed by atoms with E-state index in [1.165, 1.54) is 7.11 Å². The fourth-order valence-electron chi connectivity index (χ4n) is 3.03. The van der Waals surface area contributed by atoms with Gasteiger partial charge in [-0.1, -0.05) is 18.2 Å². The molecule has 136 valence electrons. The molecule has 2 aromatic rings. The zero-order valence-corrected chi connectivity index (χ0v) is 15.0. The molecule has 1 fully saturated rings. The van der Waals surface area contributed by atoms with E-state index < -0.39 is 11.4 Å². The molecular weight excluding hydrogens is 334 g/mol. The van der Waals surface area contributed by atoms with Gasteiger partial charge in [-0.15, -0.1) is 0 Å². The first-order valence-corrected chi connectivity index (χ1v) is 8.27. The van der Waals surface area contributed by atoms with Crippen molar-refractivity contribution < 1.29 is 23.8 Å². The Balaban J connectivity index is 1.88. The summed E-state index contributed by atoms with van der Waals surface area (Å²) in [5, 5.41) is 2.88. The molecule has 0 bridgehead atoms. The van der Waals surface area contributed by atoms with Crippen LogP contribution >= 0.6 is 0 Å². The number of methoxy groups -OCH3 is 3. The SMILES string of the molecule is COC(=O)c1ccccc1NC(=O)C1(c2ccc(OC)c(OC)c2)CC1. The lowest BCUT2D eigenvalue weighted by Crippen LogP contribution is -2.28. The third-order valence-electron chi connectivity index (χ3n) is 4.70. The molecule has 6 nitrogen and oxygen atoms in total. The lowest BCUT2D eigenvalue weighted by atomic mass is 9.94. The van der Waals surface area contributed by atoms with E-state index in [0.717, 1.165) is 18.4 Å². The minimum Gasteiger partial charge on any atom is -0.493 e. The summed E-state index contributed by atoms with van der Waals surface area (Å²) in [4.78, 5) is 24.9. The Kier molecular flexibility index (Phi) is 4.84. The third-order valence-corrected chi connectivity index (χ3v) is 4.70. The van der Waals surface area contributed by atoms with Gasteiger partial charge in [0.1, 0.15) is 0 Å². The Labute approximate surface area is 152 Å². The number of ether oxygens (including phenoxy) is 3. The third kappa shape index (κ3) is 3.10. The average Bonchev–Trinajstić information content (AvgIpc) is 3.49. The van der Waals surface area contributed by atoms with E-state index in [4.69, 9.17) is 14.2 Å². The highest BCUT2D eigenvalue weighted by molar-refractivity contribution is 6.06. The lowest BCUT2D eigenvalue weighted by molar-refractivity contribution is -0.118. The molecule has 3 rings (SSSR count). The molecule has 1 amide bonds. The molecule has 26 heavy (non-hydrogen) atoms. The Morgan fingerprint density at radius 3 is 2.27 bits per heavy atom. The minimum absolute atomic E-state index is 0.152.